The van der Waals surface area contributed by atoms with Gasteiger partial charge in [-0.15, -0.1) is 11.8 Å². The quantitative estimate of drug-likeness (QED) is 0.586. The molecule has 2 nitrogen and oxygen atoms in total. The van der Waals surface area contributed by atoms with Gasteiger partial charge < -0.3 is 10.1 Å². The number of benzene rings is 2. The van der Waals surface area contributed by atoms with Crippen molar-refractivity contribution < 1.29 is 4.74 Å². The highest BCUT2D eigenvalue weighted by atomic mass is 32.2. The molecule has 106 valence electrons. The minimum absolute atomic E-state index is 0.910. The molecule has 0 unspecified atom stereocenters. The van der Waals surface area contributed by atoms with Gasteiger partial charge in [-0.25, -0.2) is 0 Å². The smallest absolute Gasteiger partial charge is 0.118 e. The van der Waals surface area contributed by atoms with Crippen LogP contribution in [-0.4, -0.2) is 19.4 Å². The van der Waals surface area contributed by atoms with Gasteiger partial charge in [-0.1, -0.05) is 30.3 Å². The second-order valence-electron chi connectivity index (χ2n) is 4.54. The maximum Gasteiger partial charge on any atom is 0.118 e. The van der Waals surface area contributed by atoms with Crippen LogP contribution in [0.4, 0.5) is 0 Å². The van der Waals surface area contributed by atoms with Crippen molar-refractivity contribution in [3.63, 3.8) is 0 Å². The average molecular weight is 287 g/mol. The molecule has 0 saturated heterocycles. The van der Waals surface area contributed by atoms with E-state index in [1.807, 2.05) is 23.9 Å². The maximum atomic E-state index is 5.15. The van der Waals surface area contributed by atoms with Crippen LogP contribution in [0.2, 0.25) is 0 Å². The number of methoxy groups -OCH3 is 1. The third-order valence-corrected chi connectivity index (χ3v) is 4.10. The van der Waals surface area contributed by atoms with Crippen LogP contribution in [0.3, 0.4) is 0 Å². The number of ether oxygens (including phenoxy) is 1. The van der Waals surface area contributed by atoms with Gasteiger partial charge in [0.1, 0.15) is 5.75 Å². The first-order valence-corrected chi connectivity index (χ1v) is 7.88. The van der Waals surface area contributed by atoms with Crippen LogP contribution < -0.4 is 10.1 Å². The van der Waals surface area contributed by atoms with E-state index >= 15 is 0 Å². The molecule has 0 saturated carbocycles. The Bertz CT molecular complexity index is 484. The molecule has 3 heteroatoms. The first kappa shape index (κ1) is 14.9. The third kappa shape index (κ3) is 5.27. The molecule has 2 aromatic rings. The van der Waals surface area contributed by atoms with E-state index in [-0.39, 0.29) is 0 Å². The van der Waals surface area contributed by atoms with Crippen molar-refractivity contribution in [2.75, 3.05) is 19.4 Å². The molecule has 1 N–H and O–H groups in total. The monoisotopic (exact) mass is 287 g/mol. The summed E-state index contributed by atoms with van der Waals surface area (Å²) in [6.07, 6.45) is 1.18. The minimum Gasteiger partial charge on any atom is -0.497 e. The normalized spacial score (nSPS) is 10.4. The van der Waals surface area contributed by atoms with Crippen LogP contribution >= 0.6 is 11.8 Å². The van der Waals surface area contributed by atoms with Crippen molar-refractivity contribution in [2.24, 2.45) is 0 Å². The highest BCUT2D eigenvalue weighted by molar-refractivity contribution is 7.99. The van der Waals surface area contributed by atoms with Crippen molar-refractivity contribution >= 4 is 11.8 Å². The molecule has 0 bridgehead atoms. The molecule has 2 aromatic carbocycles. The molecular formula is C17H21NOS. The van der Waals surface area contributed by atoms with Crippen molar-refractivity contribution in [1.29, 1.82) is 0 Å². The minimum atomic E-state index is 0.910. The molecule has 0 aliphatic carbocycles. The Morgan fingerprint density at radius 3 is 2.45 bits per heavy atom. The summed E-state index contributed by atoms with van der Waals surface area (Å²) < 4.78 is 5.15. The van der Waals surface area contributed by atoms with Crippen molar-refractivity contribution in [2.45, 2.75) is 17.9 Å². The highest BCUT2D eigenvalue weighted by Gasteiger charge is 1.95. The van der Waals surface area contributed by atoms with Gasteiger partial charge in [-0.3, -0.25) is 0 Å². The summed E-state index contributed by atoms with van der Waals surface area (Å²) >= 11 is 1.92. The standard InChI is InChI=1S/C17H21NOS/c1-19-16-10-8-15(9-11-16)14-18-12-5-13-20-17-6-3-2-4-7-17/h2-4,6-11,18H,5,12-14H2,1H3. The predicted octanol–water partition coefficient (Wildman–Crippen LogP) is 3.97. The van der Waals surface area contributed by atoms with E-state index < -0.39 is 0 Å². The van der Waals surface area contributed by atoms with Gasteiger partial charge in [0.25, 0.3) is 0 Å². The lowest BCUT2D eigenvalue weighted by Crippen LogP contribution is -2.15. The third-order valence-electron chi connectivity index (χ3n) is 3.00. The van der Waals surface area contributed by atoms with Gasteiger partial charge in [-0.05, 0) is 48.5 Å². The molecule has 0 spiro atoms. The maximum absolute atomic E-state index is 5.15. The Balaban J connectivity index is 1.57. The summed E-state index contributed by atoms with van der Waals surface area (Å²) in [6, 6.07) is 18.8. The molecule has 0 radical (unpaired) electrons. The van der Waals surface area contributed by atoms with E-state index in [1.54, 1.807) is 7.11 Å². The van der Waals surface area contributed by atoms with Crippen LogP contribution in [0, 0.1) is 0 Å². The molecule has 0 fully saturated rings. The Morgan fingerprint density at radius 1 is 1.00 bits per heavy atom. The summed E-state index contributed by atoms with van der Waals surface area (Å²) in [6.45, 7) is 1.96. The van der Waals surface area contributed by atoms with Crippen LogP contribution in [0.25, 0.3) is 0 Å². The van der Waals surface area contributed by atoms with E-state index in [0.717, 1.165) is 24.6 Å². The van der Waals surface area contributed by atoms with E-state index in [1.165, 1.54) is 16.9 Å². The van der Waals surface area contributed by atoms with Gasteiger partial charge in [0, 0.05) is 11.4 Å². The number of nitrogens with one attached hydrogen (secondary N) is 1. The van der Waals surface area contributed by atoms with Crippen molar-refractivity contribution in [3.05, 3.63) is 60.2 Å². The molecule has 0 aliphatic rings. The van der Waals surface area contributed by atoms with Gasteiger partial charge in [0.15, 0.2) is 0 Å². The average Bonchev–Trinajstić information content (AvgIpc) is 2.52. The topological polar surface area (TPSA) is 21.3 Å². The lowest BCUT2D eigenvalue weighted by atomic mass is 10.2. The Kier molecular flexibility index (Phi) is 6.48. The van der Waals surface area contributed by atoms with Gasteiger partial charge in [0.05, 0.1) is 7.11 Å². The van der Waals surface area contributed by atoms with Crippen molar-refractivity contribution in [1.82, 2.24) is 5.32 Å². The lowest BCUT2D eigenvalue weighted by molar-refractivity contribution is 0.414. The highest BCUT2D eigenvalue weighted by Crippen LogP contribution is 2.17. The Labute approximate surface area is 125 Å². The van der Waals surface area contributed by atoms with Crippen LogP contribution in [0.5, 0.6) is 5.75 Å². The first-order valence-electron chi connectivity index (χ1n) is 6.90. The van der Waals surface area contributed by atoms with E-state index in [2.05, 4.69) is 47.8 Å². The van der Waals surface area contributed by atoms with Crippen LogP contribution in [0.15, 0.2) is 59.5 Å². The fourth-order valence-electron chi connectivity index (χ4n) is 1.88. The zero-order valence-electron chi connectivity index (χ0n) is 11.8. The second-order valence-corrected chi connectivity index (χ2v) is 5.71. The first-order chi connectivity index (χ1) is 9.88. The second kappa shape index (κ2) is 8.67. The number of hydrogen-bond donors (Lipinski definition) is 1. The molecule has 0 aromatic heterocycles. The predicted molar refractivity (Wildman–Crippen MR) is 86.5 cm³/mol. The summed E-state index contributed by atoms with van der Waals surface area (Å²) in [7, 11) is 1.69. The SMILES string of the molecule is COc1ccc(CNCCCSc2ccccc2)cc1. The van der Waals surface area contributed by atoms with E-state index in [4.69, 9.17) is 4.74 Å². The molecule has 0 heterocycles. The number of hydrogen-bond acceptors (Lipinski definition) is 3. The van der Waals surface area contributed by atoms with E-state index in [0.29, 0.717) is 0 Å². The molecule has 0 aliphatic heterocycles. The van der Waals surface area contributed by atoms with Crippen LogP contribution in [-0.2, 0) is 6.54 Å². The summed E-state index contributed by atoms with van der Waals surface area (Å²) in [5, 5.41) is 3.47. The molecular weight excluding hydrogens is 266 g/mol. The lowest BCUT2D eigenvalue weighted by Gasteiger charge is -2.06. The Hall–Kier alpha value is -1.45. The summed E-state index contributed by atoms with van der Waals surface area (Å²) in [5.74, 6) is 2.06. The molecule has 2 rings (SSSR count). The zero-order valence-corrected chi connectivity index (χ0v) is 12.7. The molecule has 0 amide bonds. The van der Waals surface area contributed by atoms with Gasteiger partial charge >= 0.3 is 0 Å². The van der Waals surface area contributed by atoms with Crippen LogP contribution in [0.1, 0.15) is 12.0 Å². The number of thioether (sulfide) groups is 1. The largest absolute Gasteiger partial charge is 0.497 e. The molecule has 0 atom stereocenters. The summed E-state index contributed by atoms with van der Waals surface area (Å²) in [5.41, 5.74) is 1.29. The zero-order chi connectivity index (χ0) is 14.0. The fourth-order valence-corrected chi connectivity index (χ4v) is 2.75. The Morgan fingerprint density at radius 2 is 1.75 bits per heavy atom. The van der Waals surface area contributed by atoms with Gasteiger partial charge in [-0.2, -0.15) is 0 Å². The van der Waals surface area contributed by atoms with Crippen molar-refractivity contribution in [3.8, 4) is 5.75 Å². The molecule has 20 heavy (non-hydrogen) atoms. The number of rotatable bonds is 8. The van der Waals surface area contributed by atoms with E-state index in [9.17, 15) is 0 Å². The van der Waals surface area contributed by atoms with Gasteiger partial charge in [0.2, 0.25) is 0 Å². The fraction of sp³-hybridized carbons (Fsp3) is 0.294. The summed E-state index contributed by atoms with van der Waals surface area (Å²) in [4.78, 5) is 1.35.